The van der Waals surface area contributed by atoms with Gasteiger partial charge in [0.15, 0.2) is 0 Å². The van der Waals surface area contributed by atoms with Gasteiger partial charge in [0.1, 0.15) is 0 Å². The van der Waals surface area contributed by atoms with E-state index in [4.69, 9.17) is 5.73 Å². The fourth-order valence-corrected chi connectivity index (χ4v) is 1.71. The summed E-state index contributed by atoms with van der Waals surface area (Å²) >= 11 is 0. The van der Waals surface area contributed by atoms with Gasteiger partial charge in [0.25, 0.3) is 0 Å². The molecule has 0 aromatic heterocycles. The Labute approximate surface area is 61.8 Å². The first-order chi connectivity index (χ1) is 4.57. The number of rotatable bonds is 1. The normalized spacial score (nSPS) is 40.0. The van der Waals surface area contributed by atoms with Gasteiger partial charge in [-0.05, 0) is 18.8 Å². The average molecular weight is 141 g/mol. The van der Waals surface area contributed by atoms with E-state index in [2.05, 4.69) is 6.92 Å². The molecule has 2 atom stereocenters. The van der Waals surface area contributed by atoms with Crippen LogP contribution in [0, 0.1) is 11.3 Å². The molecule has 0 saturated heterocycles. The van der Waals surface area contributed by atoms with Crippen LogP contribution < -0.4 is 5.73 Å². The summed E-state index contributed by atoms with van der Waals surface area (Å²) in [6.07, 6.45) is 3.28. The minimum Gasteiger partial charge on any atom is -0.369 e. The van der Waals surface area contributed by atoms with Gasteiger partial charge >= 0.3 is 0 Å². The Kier molecular flexibility index (Phi) is 1.71. The maximum Gasteiger partial charge on any atom is 0.223 e. The molecule has 0 heterocycles. The number of nitrogens with two attached hydrogens (primary N) is 1. The average Bonchev–Trinajstić information content (AvgIpc) is 2.15. The van der Waals surface area contributed by atoms with Gasteiger partial charge in [-0.2, -0.15) is 0 Å². The van der Waals surface area contributed by atoms with Crippen LogP contribution in [-0.2, 0) is 4.79 Å². The Morgan fingerprint density at radius 1 is 1.70 bits per heavy atom. The van der Waals surface area contributed by atoms with Crippen molar-refractivity contribution in [3.05, 3.63) is 0 Å². The zero-order valence-electron chi connectivity index (χ0n) is 6.68. The highest BCUT2D eigenvalue weighted by molar-refractivity contribution is 5.81. The number of hydrogen-bond acceptors (Lipinski definition) is 1. The van der Waals surface area contributed by atoms with Gasteiger partial charge in [-0.15, -0.1) is 0 Å². The molecule has 0 bridgehead atoms. The third-order valence-electron chi connectivity index (χ3n) is 2.98. The van der Waals surface area contributed by atoms with Crippen molar-refractivity contribution in [2.24, 2.45) is 17.1 Å². The molecule has 2 heteroatoms. The van der Waals surface area contributed by atoms with Crippen molar-refractivity contribution >= 4 is 5.91 Å². The predicted octanol–water partition coefficient (Wildman–Crippen LogP) is 1.30. The summed E-state index contributed by atoms with van der Waals surface area (Å²) in [7, 11) is 0. The molecular formula is C8H15NO. The minimum atomic E-state index is -0.208. The van der Waals surface area contributed by atoms with E-state index in [-0.39, 0.29) is 11.3 Å². The topological polar surface area (TPSA) is 43.1 Å². The summed E-state index contributed by atoms with van der Waals surface area (Å²) in [6, 6.07) is 0. The van der Waals surface area contributed by atoms with Crippen LogP contribution in [0.15, 0.2) is 0 Å². The summed E-state index contributed by atoms with van der Waals surface area (Å²) in [5, 5.41) is 0. The van der Waals surface area contributed by atoms with Crippen molar-refractivity contribution in [3.8, 4) is 0 Å². The number of carbonyl (C=O) groups is 1. The monoisotopic (exact) mass is 141 g/mol. The van der Waals surface area contributed by atoms with Crippen LogP contribution in [0.25, 0.3) is 0 Å². The maximum absolute atomic E-state index is 11.0. The van der Waals surface area contributed by atoms with Crippen LogP contribution in [0.5, 0.6) is 0 Å². The molecule has 0 radical (unpaired) electrons. The molecule has 58 valence electrons. The van der Waals surface area contributed by atoms with Crippen molar-refractivity contribution in [3.63, 3.8) is 0 Å². The predicted molar refractivity (Wildman–Crippen MR) is 40.3 cm³/mol. The molecule has 2 nitrogen and oxygen atoms in total. The second kappa shape index (κ2) is 2.26. The van der Waals surface area contributed by atoms with Gasteiger partial charge < -0.3 is 5.73 Å². The van der Waals surface area contributed by atoms with E-state index >= 15 is 0 Å². The quantitative estimate of drug-likeness (QED) is 0.587. The molecule has 0 aromatic carbocycles. The zero-order valence-corrected chi connectivity index (χ0v) is 6.68. The Morgan fingerprint density at radius 3 is 2.50 bits per heavy atom. The van der Waals surface area contributed by atoms with E-state index in [0.717, 1.165) is 19.3 Å². The van der Waals surface area contributed by atoms with E-state index in [9.17, 15) is 4.79 Å². The first-order valence-corrected chi connectivity index (χ1v) is 3.87. The molecule has 0 aromatic rings. The maximum atomic E-state index is 11.0. The zero-order chi connectivity index (χ0) is 7.78. The SMILES string of the molecule is CC1CCC[C@@]1(C)C(N)=O. The highest BCUT2D eigenvalue weighted by Gasteiger charge is 2.40. The highest BCUT2D eigenvalue weighted by Crippen LogP contribution is 2.42. The molecule has 1 amide bonds. The molecule has 0 spiro atoms. The molecule has 2 N–H and O–H groups in total. The van der Waals surface area contributed by atoms with E-state index in [1.165, 1.54) is 0 Å². The van der Waals surface area contributed by atoms with E-state index in [1.807, 2.05) is 6.92 Å². The largest absolute Gasteiger partial charge is 0.369 e. The lowest BCUT2D eigenvalue weighted by Gasteiger charge is -2.24. The molecule has 10 heavy (non-hydrogen) atoms. The minimum absolute atomic E-state index is 0.127. The van der Waals surface area contributed by atoms with E-state index in [1.54, 1.807) is 0 Å². The van der Waals surface area contributed by atoms with Gasteiger partial charge in [-0.25, -0.2) is 0 Å². The summed E-state index contributed by atoms with van der Waals surface area (Å²) < 4.78 is 0. The fraction of sp³-hybridized carbons (Fsp3) is 0.875. The smallest absolute Gasteiger partial charge is 0.223 e. The van der Waals surface area contributed by atoms with Gasteiger partial charge in [0, 0.05) is 5.41 Å². The van der Waals surface area contributed by atoms with Crippen LogP contribution in [0.2, 0.25) is 0 Å². The van der Waals surface area contributed by atoms with E-state index < -0.39 is 0 Å². The van der Waals surface area contributed by atoms with Crippen LogP contribution in [0.3, 0.4) is 0 Å². The number of primary amides is 1. The fourth-order valence-electron chi connectivity index (χ4n) is 1.71. The molecular weight excluding hydrogens is 126 g/mol. The summed E-state index contributed by atoms with van der Waals surface area (Å²) in [5.41, 5.74) is 5.08. The van der Waals surface area contributed by atoms with Gasteiger partial charge in [0.05, 0.1) is 0 Å². The number of amides is 1. The third kappa shape index (κ3) is 0.917. The van der Waals surface area contributed by atoms with Crippen LogP contribution >= 0.6 is 0 Å². The second-order valence-electron chi connectivity index (χ2n) is 3.57. The summed E-state index contributed by atoms with van der Waals surface area (Å²) in [5.74, 6) is 0.350. The second-order valence-corrected chi connectivity index (χ2v) is 3.57. The molecule has 1 saturated carbocycles. The first-order valence-electron chi connectivity index (χ1n) is 3.87. The molecule has 1 fully saturated rings. The molecule has 1 rings (SSSR count). The summed E-state index contributed by atoms with van der Waals surface area (Å²) in [4.78, 5) is 11.0. The van der Waals surface area contributed by atoms with Gasteiger partial charge in [0.2, 0.25) is 5.91 Å². The van der Waals surface area contributed by atoms with E-state index in [0.29, 0.717) is 5.92 Å². The van der Waals surface area contributed by atoms with Crippen molar-refractivity contribution in [1.82, 2.24) is 0 Å². The summed E-state index contributed by atoms with van der Waals surface area (Å²) in [6.45, 7) is 4.09. The Morgan fingerprint density at radius 2 is 2.30 bits per heavy atom. The lowest BCUT2D eigenvalue weighted by molar-refractivity contribution is -0.128. The Balaban J connectivity index is 2.75. The van der Waals surface area contributed by atoms with Crippen molar-refractivity contribution in [2.45, 2.75) is 33.1 Å². The molecule has 1 aliphatic carbocycles. The van der Waals surface area contributed by atoms with Crippen molar-refractivity contribution in [1.29, 1.82) is 0 Å². The standard InChI is InChI=1S/C8H15NO/c1-6-4-3-5-8(6,2)7(9)10/h6H,3-5H2,1-2H3,(H2,9,10)/t6?,8-/m1/s1. The lowest BCUT2D eigenvalue weighted by Crippen LogP contribution is -2.36. The van der Waals surface area contributed by atoms with Gasteiger partial charge in [-0.1, -0.05) is 20.3 Å². The third-order valence-corrected chi connectivity index (χ3v) is 2.98. The van der Waals surface area contributed by atoms with Crippen LogP contribution in [0.4, 0.5) is 0 Å². The molecule has 1 unspecified atom stereocenters. The van der Waals surface area contributed by atoms with Crippen LogP contribution in [0.1, 0.15) is 33.1 Å². The molecule has 1 aliphatic rings. The number of hydrogen-bond donors (Lipinski definition) is 1. The molecule has 0 aliphatic heterocycles. The lowest BCUT2D eigenvalue weighted by atomic mass is 9.80. The Hall–Kier alpha value is -0.530. The van der Waals surface area contributed by atoms with Crippen LogP contribution in [-0.4, -0.2) is 5.91 Å². The van der Waals surface area contributed by atoms with Crippen molar-refractivity contribution < 1.29 is 4.79 Å². The Bertz CT molecular complexity index is 155. The number of carbonyl (C=O) groups excluding carboxylic acids is 1. The highest BCUT2D eigenvalue weighted by atomic mass is 16.1. The first kappa shape index (κ1) is 7.58. The van der Waals surface area contributed by atoms with Gasteiger partial charge in [-0.3, -0.25) is 4.79 Å². The van der Waals surface area contributed by atoms with Crippen molar-refractivity contribution in [2.75, 3.05) is 0 Å².